The van der Waals surface area contributed by atoms with E-state index < -0.39 is 0 Å². The summed E-state index contributed by atoms with van der Waals surface area (Å²) in [5, 5.41) is 8.60. The van der Waals surface area contributed by atoms with Crippen molar-refractivity contribution in [2.45, 2.75) is 40.2 Å². The fraction of sp³-hybridized carbons (Fsp3) is 0.438. The molecule has 0 amide bonds. The number of nitrogens with zero attached hydrogens (tertiary/aromatic N) is 4. The first kappa shape index (κ1) is 15.2. The van der Waals surface area contributed by atoms with Crippen LogP contribution in [0.4, 0.5) is 11.6 Å². The summed E-state index contributed by atoms with van der Waals surface area (Å²) in [7, 11) is 0. The molecule has 0 atom stereocenters. The highest BCUT2D eigenvalue weighted by Gasteiger charge is 2.12. The molecule has 0 fully saturated rings. The molecule has 0 aliphatic carbocycles. The highest BCUT2D eigenvalue weighted by atomic mass is 15.3. The van der Waals surface area contributed by atoms with Gasteiger partial charge >= 0.3 is 0 Å². The van der Waals surface area contributed by atoms with E-state index in [2.05, 4.69) is 46.9 Å². The van der Waals surface area contributed by atoms with Crippen molar-refractivity contribution in [3.05, 3.63) is 41.2 Å². The van der Waals surface area contributed by atoms with E-state index in [0.29, 0.717) is 5.95 Å². The Morgan fingerprint density at radius 1 is 1.05 bits per heavy atom. The van der Waals surface area contributed by atoms with Crippen molar-refractivity contribution < 1.29 is 0 Å². The molecule has 0 saturated heterocycles. The molecule has 2 N–H and O–H groups in total. The smallest absolute Gasteiger partial charge is 0.245 e. The van der Waals surface area contributed by atoms with Gasteiger partial charge in [-0.3, -0.25) is 0 Å². The first-order valence-electron chi connectivity index (χ1n) is 7.49. The third kappa shape index (κ3) is 3.68. The van der Waals surface area contributed by atoms with Gasteiger partial charge in [0, 0.05) is 18.8 Å². The lowest BCUT2D eigenvalue weighted by Crippen LogP contribution is -2.25. The molecule has 0 radical (unpaired) electrons. The Kier molecular flexibility index (Phi) is 5.09. The maximum absolute atomic E-state index is 5.84. The van der Waals surface area contributed by atoms with E-state index in [0.717, 1.165) is 48.6 Å². The number of aryl methyl sites for hydroxylation is 2. The number of nitrogen functional groups attached to an aromatic ring is 1. The van der Waals surface area contributed by atoms with E-state index in [9.17, 15) is 0 Å². The van der Waals surface area contributed by atoms with E-state index >= 15 is 0 Å². The number of aromatic nitrogens is 3. The second-order valence-corrected chi connectivity index (χ2v) is 4.97. The number of hydrogen-bond donors (Lipinski definition) is 1. The van der Waals surface area contributed by atoms with Gasteiger partial charge in [-0.1, -0.05) is 26.0 Å². The van der Waals surface area contributed by atoms with Gasteiger partial charge in [0.2, 0.25) is 5.95 Å². The summed E-state index contributed by atoms with van der Waals surface area (Å²) in [6, 6.07) is 7.91. The van der Waals surface area contributed by atoms with Crippen molar-refractivity contribution in [3.63, 3.8) is 0 Å². The highest BCUT2D eigenvalue weighted by Crippen LogP contribution is 2.15. The molecule has 0 unspecified atom stereocenters. The first-order valence-corrected chi connectivity index (χ1v) is 7.49. The van der Waals surface area contributed by atoms with Crippen LogP contribution in [-0.2, 0) is 19.4 Å². The van der Waals surface area contributed by atoms with E-state index in [1.165, 1.54) is 0 Å². The van der Waals surface area contributed by atoms with Crippen molar-refractivity contribution in [2.75, 3.05) is 17.2 Å². The highest BCUT2D eigenvalue weighted by molar-refractivity contribution is 5.42. The SMILES string of the molecule is CCc1nnc(N(CC)Cc2cccc(N)c2)nc1CC. The Balaban J connectivity index is 2.25. The van der Waals surface area contributed by atoms with E-state index in [1.807, 2.05) is 18.2 Å². The Hall–Kier alpha value is -2.17. The van der Waals surface area contributed by atoms with Gasteiger partial charge in [-0.05, 0) is 37.5 Å². The fourth-order valence-corrected chi connectivity index (χ4v) is 2.30. The number of hydrogen-bond acceptors (Lipinski definition) is 5. The number of anilines is 2. The van der Waals surface area contributed by atoms with Crippen molar-refractivity contribution in [1.29, 1.82) is 0 Å². The van der Waals surface area contributed by atoms with Gasteiger partial charge in [0.05, 0.1) is 11.4 Å². The van der Waals surface area contributed by atoms with Gasteiger partial charge in [0.15, 0.2) is 0 Å². The maximum Gasteiger partial charge on any atom is 0.245 e. The molecule has 0 saturated carbocycles. The van der Waals surface area contributed by atoms with Crippen LogP contribution < -0.4 is 10.6 Å². The van der Waals surface area contributed by atoms with Gasteiger partial charge < -0.3 is 10.6 Å². The van der Waals surface area contributed by atoms with E-state index in [-0.39, 0.29) is 0 Å². The van der Waals surface area contributed by atoms with Crippen LogP contribution in [0.3, 0.4) is 0 Å². The van der Waals surface area contributed by atoms with Crippen LogP contribution in [-0.4, -0.2) is 21.7 Å². The molecule has 1 aromatic heterocycles. The average Bonchev–Trinajstić information content (AvgIpc) is 2.52. The summed E-state index contributed by atoms with van der Waals surface area (Å²) in [6.07, 6.45) is 1.74. The molecule has 1 aromatic carbocycles. The van der Waals surface area contributed by atoms with Crippen LogP contribution in [0.25, 0.3) is 0 Å². The summed E-state index contributed by atoms with van der Waals surface area (Å²) < 4.78 is 0. The minimum Gasteiger partial charge on any atom is -0.399 e. The number of rotatable bonds is 6. The van der Waals surface area contributed by atoms with Crippen LogP contribution in [0.15, 0.2) is 24.3 Å². The lowest BCUT2D eigenvalue weighted by molar-refractivity contribution is 0.737. The molecule has 0 bridgehead atoms. The zero-order valence-corrected chi connectivity index (χ0v) is 13.0. The Bertz CT molecular complexity index is 597. The summed E-state index contributed by atoms with van der Waals surface area (Å²) in [5.74, 6) is 0.689. The third-order valence-corrected chi connectivity index (χ3v) is 3.49. The Labute approximate surface area is 126 Å². The lowest BCUT2D eigenvalue weighted by atomic mass is 10.2. The number of benzene rings is 1. The molecule has 112 valence electrons. The number of nitrogens with two attached hydrogens (primary N) is 1. The predicted octanol–water partition coefficient (Wildman–Crippen LogP) is 2.61. The van der Waals surface area contributed by atoms with Crippen LogP contribution in [0.5, 0.6) is 0 Å². The molecular weight excluding hydrogens is 262 g/mol. The zero-order chi connectivity index (χ0) is 15.2. The summed E-state index contributed by atoms with van der Waals surface area (Å²) in [4.78, 5) is 6.78. The molecule has 21 heavy (non-hydrogen) atoms. The second kappa shape index (κ2) is 7.02. The summed E-state index contributed by atoms with van der Waals surface area (Å²) in [5.41, 5.74) is 9.79. The molecular formula is C16H23N5. The van der Waals surface area contributed by atoms with Gasteiger partial charge in [0.25, 0.3) is 0 Å². The normalized spacial score (nSPS) is 10.6. The standard InChI is InChI=1S/C16H23N5/c1-4-14-15(5-2)19-20-16(18-14)21(6-3)11-12-8-7-9-13(17)10-12/h7-10H,4-6,11,17H2,1-3H3. The quantitative estimate of drug-likeness (QED) is 0.826. The summed E-state index contributed by atoms with van der Waals surface area (Å²) >= 11 is 0. The maximum atomic E-state index is 5.84. The van der Waals surface area contributed by atoms with Crippen LogP contribution >= 0.6 is 0 Å². The van der Waals surface area contributed by atoms with E-state index in [4.69, 9.17) is 5.73 Å². The molecule has 5 nitrogen and oxygen atoms in total. The molecule has 2 rings (SSSR count). The van der Waals surface area contributed by atoms with Crippen LogP contribution in [0, 0.1) is 0 Å². The fourth-order valence-electron chi connectivity index (χ4n) is 2.30. The predicted molar refractivity (Wildman–Crippen MR) is 86.2 cm³/mol. The Morgan fingerprint density at radius 3 is 2.43 bits per heavy atom. The first-order chi connectivity index (χ1) is 10.2. The minimum atomic E-state index is 0.689. The van der Waals surface area contributed by atoms with Crippen LogP contribution in [0.1, 0.15) is 37.7 Å². The minimum absolute atomic E-state index is 0.689. The monoisotopic (exact) mass is 285 g/mol. The molecule has 0 aliphatic rings. The van der Waals surface area contributed by atoms with Gasteiger partial charge in [-0.2, -0.15) is 5.10 Å². The van der Waals surface area contributed by atoms with Crippen molar-refractivity contribution in [1.82, 2.24) is 15.2 Å². The molecule has 2 aromatic rings. The van der Waals surface area contributed by atoms with Crippen molar-refractivity contribution in [2.24, 2.45) is 0 Å². The third-order valence-electron chi connectivity index (χ3n) is 3.49. The van der Waals surface area contributed by atoms with E-state index in [1.54, 1.807) is 0 Å². The molecule has 5 heteroatoms. The second-order valence-electron chi connectivity index (χ2n) is 4.97. The largest absolute Gasteiger partial charge is 0.399 e. The van der Waals surface area contributed by atoms with Gasteiger partial charge in [-0.25, -0.2) is 4.98 Å². The molecule has 0 spiro atoms. The van der Waals surface area contributed by atoms with Crippen LogP contribution in [0.2, 0.25) is 0 Å². The van der Waals surface area contributed by atoms with Crippen molar-refractivity contribution >= 4 is 11.6 Å². The van der Waals surface area contributed by atoms with Gasteiger partial charge in [0.1, 0.15) is 0 Å². The van der Waals surface area contributed by atoms with Crippen molar-refractivity contribution in [3.8, 4) is 0 Å². The topological polar surface area (TPSA) is 67.9 Å². The molecule has 0 aliphatic heterocycles. The average molecular weight is 285 g/mol. The summed E-state index contributed by atoms with van der Waals surface area (Å²) in [6.45, 7) is 7.83. The Morgan fingerprint density at radius 2 is 1.81 bits per heavy atom. The van der Waals surface area contributed by atoms with Gasteiger partial charge in [-0.15, -0.1) is 5.10 Å². The molecule has 1 heterocycles. The zero-order valence-electron chi connectivity index (χ0n) is 13.0. The lowest BCUT2D eigenvalue weighted by Gasteiger charge is -2.21.